The maximum absolute atomic E-state index is 5.71. The smallest absolute Gasteiger partial charge is 0.217 e. The number of hydrogen-bond donors (Lipinski definition) is 0. The van der Waals surface area contributed by atoms with E-state index >= 15 is 0 Å². The standard InChI is InChI=1S/C37H35NOSi/c1-39-40(2,3)37-28-24-33(25-29-37)21-19-31-16-14-30(15-17-31)18-20-32-22-26-36(27-23-32)38(34-10-6-4-7-11-34)35-12-8-5-9-13-35/h4-29H,1-3H3. The zero-order chi connectivity index (χ0) is 27.8. The van der Waals surface area contributed by atoms with E-state index in [4.69, 9.17) is 4.43 Å². The van der Waals surface area contributed by atoms with Crippen LogP contribution in [0.3, 0.4) is 0 Å². The average Bonchev–Trinajstić information content (AvgIpc) is 3.01. The Balaban J connectivity index is 1.25. The van der Waals surface area contributed by atoms with Gasteiger partial charge in [-0.2, -0.15) is 0 Å². The summed E-state index contributed by atoms with van der Waals surface area (Å²) in [5, 5.41) is 1.31. The molecule has 0 aliphatic carbocycles. The molecule has 3 heteroatoms. The van der Waals surface area contributed by atoms with E-state index in [0.29, 0.717) is 0 Å². The number of para-hydroxylation sites is 2. The second-order valence-electron chi connectivity index (χ2n) is 10.3. The van der Waals surface area contributed by atoms with Gasteiger partial charge in [0.25, 0.3) is 0 Å². The summed E-state index contributed by atoms with van der Waals surface area (Å²) in [5.41, 5.74) is 8.11. The van der Waals surface area contributed by atoms with E-state index in [-0.39, 0.29) is 0 Å². The SMILES string of the molecule is CO[Si](C)(C)c1ccc(C=Cc2ccc(C=Cc3ccc(N(c4ccccc4)c4ccccc4)cc3)cc2)cc1. The lowest BCUT2D eigenvalue weighted by Gasteiger charge is -2.25. The van der Waals surface area contributed by atoms with E-state index in [1.54, 1.807) is 7.11 Å². The Morgan fingerprint density at radius 1 is 0.450 bits per heavy atom. The first kappa shape index (κ1) is 27.1. The third kappa shape index (κ3) is 6.76. The van der Waals surface area contributed by atoms with Crippen LogP contribution in [0.5, 0.6) is 0 Å². The van der Waals surface area contributed by atoms with Gasteiger partial charge in [-0.3, -0.25) is 0 Å². The summed E-state index contributed by atoms with van der Waals surface area (Å²) in [5.74, 6) is 0. The molecule has 5 rings (SSSR count). The highest BCUT2D eigenvalue weighted by Crippen LogP contribution is 2.34. The number of benzene rings is 5. The molecular weight excluding hydrogens is 502 g/mol. The minimum atomic E-state index is -1.77. The molecule has 2 nitrogen and oxygen atoms in total. The molecule has 0 unspecified atom stereocenters. The molecule has 0 N–H and O–H groups in total. The Labute approximate surface area is 239 Å². The zero-order valence-corrected chi connectivity index (χ0v) is 24.4. The fourth-order valence-corrected chi connectivity index (χ4v) is 5.76. The lowest BCUT2D eigenvalue weighted by molar-refractivity contribution is 0.416. The maximum atomic E-state index is 5.71. The minimum Gasteiger partial charge on any atom is -0.416 e. The number of nitrogens with zero attached hydrogens (tertiary/aromatic N) is 1. The molecule has 0 saturated heterocycles. The van der Waals surface area contributed by atoms with Gasteiger partial charge < -0.3 is 9.33 Å². The molecule has 0 saturated carbocycles. The molecule has 0 spiro atoms. The molecule has 0 aromatic heterocycles. The largest absolute Gasteiger partial charge is 0.416 e. The maximum Gasteiger partial charge on any atom is 0.217 e. The van der Waals surface area contributed by atoms with Crippen LogP contribution in [0.15, 0.2) is 133 Å². The first-order chi connectivity index (χ1) is 19.5. The van der Waals surface area contributed by atoms with E-state index in [1.807, 2.05) is 12.1 Å². The summed E-state index contributed by atoms with van der Waals surface area (Å²) >= 11 is 0. The highest BCUT2D eigenvalue weighted by Gasteiger charge is 2.22. The molecule has 198 valence electrons. The number of anilines is 3. The zero-order valence-electron chi connectivity index (χ0n) is 23.4. The first-order valence-electron chi connectivity index (χ1n) is 13.6. The van der Waals surface area contributed by atoms with Crippen LogP contribution < -0.4 is 10.1 Å². The first-order valence-corrected chi connectivity index (χ1v) is 16.5. The fraction of sp³-hybridized carbons (Fsp3) is 0.0811. The summed E-state index contributed by atoms with van der Waals surface area (Å²) in [6.45, 7) is 4.43. The van der Waals surface area contributed by atoms with E-state index in [9.17, 15) is 0 Å². The van der Waals surface area contributed by atoms with Gasteiger partial charge >= 0.3 is 0 Å². The van der Waals surface area contributed by atoms with Crippen LogP contribution in [0.1, 0.15) is 22.3 Å². The summed E-state index contributed by atoms with van der Waals surface area (Å²) in [4.78, 5) is 2.27. The van der Waals surface area contributed by atoms with E-state index < -0.39 is 8.32 Å². The van der Waals surface area contributed by atoms with Crippen molar-refractivity contribution in [3.05, 3.63) is 156 Å². The van der Waals surface area contributed by atoms with E-state index in [0.717, 1.165) is 22.6 Å². The number of rotatable bonds is 9. The Morgan fingerprint density at radius 2 is 0.775 bits per heavy atom. The fourth-order valence-electron chi connectivity index (χ4n) is 4.55. The third-order valence-electron chi connectivity index (χ3n) is 7.17. The summed E-state index contributed by atoms with van der Waals surface area (Å²) < 4.78 is 5.71. The summed E-state index contributed by atoms with van der Waals surface area (Å²) in [6, 6.07) is 47.0. The predicted octanol–water partition coefficient (Wildman–Crippen LogP) is 9.56. The highest BCUT2D eigenvalue weighted by molar-refractivity contribution is 6.84. The minimum absolute atomic E-state index is 1.13. The second-order valence-corrected chi connectivity index (χ2v) is 14.3. The van der Waals surface area contributed by atoms with Crippen LogP contribution in [0, 0.1) is 0 Å². The molecule has 0 bridgehead atoms. The van der Waals surface area contributed by atoms with Crippen molar-refractivity contribution in [1.29, 1.82) is 0 Å². The second kappa shape index (κ2) is 12.6. The Hall–Kier alpha value is -4.44. The van der Waals surface area contributed by atoms with Crippen molar-refractivity contribution in [2.24, 2.45) is 0 Å². The van der Waals surface area contributed by atoms with Crippen LogP contribution in [0.2, 0.25) is 13.1 Å². The summed E-state index contributed by atoms with van der Waals surface area (Å²) in [7, 11) is 0.0356. The van der Waals surface area contributed by atoms with Gasteiger partial charge in [-0.1, -0.05) is 121 Å². The average molecular weight is 538 g/mol. The van der Waals surface area contributed by atoms with Crippen molar-refractivity contribution in [2.75, 3.05) is 12.0 Å². The van der Waals surface area contributed by atoms with Crippen molar-refractivity contribution < 1.29 is 4.43 Å². The van der Waals surface area contributed by atoms with Crippen molar-refractivity contribution in [3.8, 4) is 0 Å². The van der Waals surface area contributed by atoms with Gasteiger partial charge in [-0.25, -0.2) is 0 Å². The van der Waals surface area contributed by atoms with Gasteiger partial charge in [0.1, 0.15) is 0 Å². The normalized spacial score (nSPS) is 11.8. The highest BCUT2D eigenvalue weighted by atomic mass is 28.4. The topological polar surface area (TPSA) is 12.5 Å². The molecule has 0 aliphatic heterocycles. The van der Waals surface area contributed by atoms with Crippen molar-refractivity contribution in [2.45, 2.75) is 13.1 Å². The predicted molar refractivity (Wildman–Crippen MR) is 176 cm³/mol. The van der Waals surface area contributed by atoms with Crippen LogP contribution in [-0.4, -0.2) is 15.4 Å². The van der Waals surface area contributed by atoms with E-state index in [2.05, 4.69) is 164 Å². The van der Waals surface area contributed by atoms with Crippen LogP contribution >= 0.6 is 0 Å². The van der Waals surface area contributed by atoms with Gasteiger partial charge in [0, 0.05) is 24.2 Å². The van der Waals surface area contributed by atoms with Crippen molar-refractivity contribution in [1.82, 2.24) is 0 Å². The molecule has 0 atom stereocenters. The monoisotopic (exact) mass is 537 g/mol. The number of hydrogen-bond acceptors (Lipinski definition) is 2. The lowest BCUT2D eigenvalue weighted by Crippen LogP contribution is -2.43. The molecular formula is C37H35NOSi. The van der Waals surface area contributed by atoms with Crippen LogP contribution in [0.4, 0.5) is 17.1 Å². The van der Waals surface area contributed by atoms with Crippen molar-refractivity contribution >= 4 is 54.9 Å². The molecule has 5 aromatic rings. The quantitative estimate of drug-likeness (QED) is 0.137. The van der Waals surface area contributed by atoms with Crippen LogP contribution in [0.25, 0.3) is 24.3 Å². The van der Waals surface area contributed by atoms with E-state index in [1.165, 1.54) is 21.9 Å². The van der Waals surface area contributed by atoms with Gasteiger partial charge in [-0.15, -0.1) is 0 Å². The molecule has 0 heterocycles. The van der Waals surface area contributed by atoms with Gasteiger partial charge in [0.2, 0.25) is 8.32 Å². The lowest BCUT2D eigenvalue weighted by atomic mass is 10.1. The molecule has 0 aliphatic rings. The Kier molecular flexibility index (Phi) is 8.55. The van der Waals surface area contributed by atoms with Crippen LogP contribution in [-0.2, 0) is 4.43 Å². The third-order valence-corrected chi connectivity index (χ3v) is 9.91. The van der Waals surface area contributed by atoms with Gasteiger partial charge in [0.15, 0.2) is 0 Å². The molecule has 0 radical (unpaired) electrons. The Bertz CT molecular complexity index is 1510. The molecule has 0 amide bonds. The molecule has 0 fully saturated rings. The van der Waals surface area contributed by atoms with Crippen molar-refractivity contribution in [3.63, 3.8) is 0 Å². The van der Waals surface area contributed by atoms with Gasteiger partial charge in [0.05, 0.1) is 0 Å². The Morgan fingerprint density at radius 3 is 1.15 bits per heavy atom. The summed E-state index contributed by atoms with van der Waals surface area (Å²) in [6.07, 6.45) is 8.64. The molecule has 40 heavy (non-hydrogen) atoms. The molecule has 5 aromatic carbocycles. The van der Waals surface area contributed by atoms with Gasteiger partial charge in [-0.05, 0) is 76.9 Å².